The van der Waals surface area contributed by atoms with E-state index in [0.717, 1.165) is 22.4 Å². The third-order valence-corrected chi connectivity index (χ3v) is 8.35. The Morgan fingerprint density at radius 2 is 1.46 bits per heavy atom. The molecule has 8 rings (SSSR count). The summed E-state index contributed by atoms with van der Waals surface area (Å²) >= 11 is 0. The van der Waals surface area contributed by atoms with Crippen molar-refractivity contribution in [3.63, 3.8) is 0 Å². The molecule has 0 saturated carbocycles. The van der Waals surface area contributed by atoms with Gasteiger partial charge in [-0.2, -0.15) is 5.10 Å². The lowest BCUT2D eigenvalue weighted by molar-refractivity contribution is -0.125. The number of fused-ring (bicyclic) bond motifs is 9. The second kappa shape index (κ2) is 8.18. The number of aromatic nitrogens is 2. The topological polar surface area (TPSA) is 97.2 Å². The summed E-state index contributed by atoms with van der Waals surface area (Å²) < 4.78 is 11.8. The van der Waals surface area contributed by atoms with Crippen molar-refractivity contribution >= 4 is 39.9 Å². The summed E-state index contributed by atoms with van der Waals surface area (Å²) in [5.74, 6) is -1.20. The van der Waals surface area contributed by atoms with Gasteiger partial charge in [-0.1, -0.05) is 30.3 Å². The van der Waals surface area contributed by atoms with Crippen LogP contribution in [0.3, 0.4) is 0 Å². The number of rotatable bonds is 4. The molecule has 2 amide bonds. The molecule has 3 saturated heterocycles. The number of amides is 2. The fraction of sp³-hybridized carbons (Fsp3) is 0.233. The van der Waals surface area contributed by atoms with Crippen LogP contribution < -0.4 is 14.6 Å². The van der Waals surface area contributed by atoms with Crippen LogP contribution in [0.1, 0.15) is 5.69 Å². The molecule has 4 aliphatic rings. The van der Waals surface area contributed by atoms with Gasteiger partial charge in [-0.15, -0.1) is 0 Å². The van der Waals surface area contributed by atoms with Crippen LogP contribution in [0.5, 0.6) is 5.75 Å². The number of hydrogen-bond acceptors (Lipinski definition) is 8. The monoisotopic (exact) mass is 517 g/mol. The van der Waals surface area contributed by atoms with E-state index in [0.29, 0.717) is 17.1 Å². The first-order valence-corrected chi connectivity index (χ1v) is 13.0. The predicted molar refractivity (Wildman–Crippen MR) is 143 cm³/mol. The summed E-state index contributed by atoms with van der Waals surface area (Å²) in [5, 5.41) is 7.00. The summed E-state index contributed by atoms with van der Waals surface area (Å²) in [6, 6.07) is 24.3. The van der Waals surface area contributed by atoms with E-state index in [2.05, 4.69) is 4.98 Å². The fourth-order valence-corrected chi connectivity index (χ4v) is 6.71. The summed E-state index contributed by atoms with van der Waals surface area (Å²) in [5.41, 5.74) is 4.39. The van der Waals surface area contributed by atoms with Crippen molar-refractivity contribution in [1.29, 1.82) is 0 Å². The summed E-state index contributed by atoms with van der Waals surface area (Å²) in [4.78, 5) is 38.4. The zero-order chi connectivity index (χ0) is 26.2. The first-order valence-electron chi connectivity index (χ1n) is 13.0. The Bertz CT molecular complexity index is 1670. The number of carbonyl (C=O) groups is 2. The minimum absolute atomic E-state index is 0.229. The van der Waals surface area contributed by atoms with Gasteiger partial charge in [0.1, 0.15) is 11.4 Å². The lowest BCUT2D eigenvalue weighted by atomic mass is 9.70. The van der Waals surface area contributed by atoms with E-state index < -0.39 is 24.0 Å². The van der Waals surface area contributed by atoms with Gasteiger partial charge in [0.05, 0.1) is 77.4 Å². The molecule has 1 aromatic heterocycles. The second-order valence-electron chi connectivity index (χ2n) is 10.3. The number of carbonyl (C=O) groups excluding carboxylic acids is 2. The summed E-state index contributed by atoms with van der Waals surface area (Å²) in [6.07, 6.45) is 0.756. The molecule has 39 heavy (non-hydrogen) atoms. The van der Waals surface area contributed by atoms with Crippen molar-refractivity contribution in [2.45, 2.75) is 18.2 Å². The van der Waals surface area contributed by atoms with Crippen molar-refractivity contribution in [3.05, 3.63) is 90.8 Å². The lowest BCUT2D eigenvalue weighted by Gasteiger charge is -2.32. The van der Waals surface area contributed by atoms with Crippen LogP contribution in [0.15, 0.2) is 90.2 Å². The van der Waals surface area contributed by atoms with Gasteiger partial charge < -0.3 is 9.47 Å². The smallest absolute Gasteiger partial charge is 0.240 e. The molecule has 0 N–H and O–H groups in total. The van der Waals surface area contributed by atoms with Gasteiger partial charge in [0.15, 0.2) is 0 Å². The molecule has 6 unspecified atom stereocenters. The Morgan fingerprint density at radius 3 is 2.21 bits per heavy atom. The molecule has 9 nitrogen and oxygen atoms in total. The molecule has 6 atom stereocenters. The van der Waals surface area contributed by atoms with Gasteiger partial charge in [-0.25, -0.2) is 9.88 Å². The molecule has 4 aliphatic heterocycles. The van der Waals surface area contributed by atoms with Crippen molar-refractivity contribution in [2.24, 2.45) is 22.9 Å². The maximum Gasteiger partial charge on any atom is 0.240 e. The lowest BCUT2D eigenvalue weighted by Crippen LogP contribution is -2.50. The molecule has 9 heteroatoms. The average molecular weight is 518 g/mol. The standard InChI is InChI=1S/C30H23N5O4/c1-38-18-13-11-16(12-14-18)34-29(36)22-23(30(34)37)28-26-24(27(22)39-28)25(33-35(26)17-7-3-2-4-8-17)21-15-31-19-9-5-6-10-20(19)32-21/h2-15,22-24,26-28H,1H3. The second-order valence-corrected chi connectivity index (χ2v) is 10.3. The van der Waals surface area contributed by atoms with Gasteiger partial charge in [-0.3, -0.25) is 19.6 Å². The molecule has 2 bridgehead atoms. The molecule has 0 spiro atoms. The molecule has 4 aromatic rings. The van der Waals surface area contributed by atoms with E-state index in [1.165, 1.54) is 4.90 Å². The molecular weight excluding hydrogens is 494 g/mol. The third-order valence-electron chi connectivity index (χ3n) is 8.35. The molecule has 3 fully saturated rings. The highest BCUT2D eigenvalue weighted by atomic mass is 16.5. The van der Waals surface area contributed by atoms with Crippen LogP contribution in [0, 0.1) is 17.8 Å². The van der Waals surface area contributed by atoms with Crippen molar-refractivity contribution in [2.75, 3.05) is 17.0 Å². The average Bonchev–Trinajstić information content (AvgIpc) is 3.72. The van der Waals surface area contributed by atoms with Crippen LogP contribution in [-0.4, -0.2) is 52.9 Å². The molecule has 0 radical (unpaired) electrons. The number of hydrogen-bond donors (Lipinski definition) is 0. The molecule has 5 heterocycles. The molecular formula is C30H23N5O4. The Hall–Kier alpha value is -4.63. The molecule has 3 aromatic carbocycles. The highest BCUT2D eigenvalue weighted by Gasteiger charge is 2.72. The highest BCUT2D eigenvalue weighted by Crippen LogP contribution is 2.56. The number of benzene rings is 3. The predicted octanol–water partition coefficient (Wildman–Crippen LogP) is 3.43. The van der Waals surface area contributed by atoms with Crippen molar-refractivity contribution in [1.82, 2.24) is 9.97 Å². The summed E-state index contributed by atoms with van der Waals surface area (Å²) in [7, 11) is 1.58. The van der Waals surface area contributed by atoms with E-state index in [1.807, 2.05) is 59.6 Å². The van der Waals surface area contributed by atoms with Gasteiger partial charge in [0.2, 0.25) is 11.8 Å². The first kappa shape index (κ1) is 22.4. The molecule has 0 aliphatic carbocycles. The van der Waals surface area contributed by atoms with Crippen LogP contribution in [-0.2, 0) is 14.3 Å². The van der Waals surface area contributed by atoms with E-state index in [1.54, 1.807) is 37.6 Å². The van der Waals surface area contributed by atoms with Crippen molar-refractivity contribution in [3.8, 4) is 5.75 Å². The van der Waals surface area contributed by atoms with Crippen LogP contribution in [0.25, 0.3) is 11.0 Å². The maximum atomic E-state index is 13.8. The van der Waals surface area contributed by atoms with Crippen LogP contribution >= 0.6 is 0 Å². The largest absolute Gasteiger partial charge is 0.497 e. The Balaban J connectivity index is 1.22. The first-order chi connectivity index (χ1) is 19.1. The minimum atomic E-state index is -0.583. The van der Waals surface area contributed by atoms with Gasteiger partial charge in [0, 0.05) is 0 Å². The Morgan fingerprint density at radius 1 is 0.769 bits per heavy atom. The maximum absolute atomic E-state index is 13.8. The number of anilines is 2. The number of hydrazone groups is 1. The SMILES string of the molecule is COc1ccc(N2C(=O)C3C4OC(C3C2=O)C2C4C(c3cnc4ccccc4n3)=NN2c2ccccc2)cc1. The van der Waals surface area contributed by atoms with E-state index in [4.69, 9.17) is 19.6 Å². The number of para-hydroxylation sites is 3. The number of methoxy groups -OCH3 is 1. The molecule has 192 valence electrons. The number of nitrogens with zero attached hydrogens (tertiary/aromatic N) is 5. The quantitative estimate of drug-likeness (QED) is 0.383. The fourth-order valence-electron chi connectivity index (χ4n) is 6.71. The number of ether oxygens (including phenoxy) is 2. The Labute approximate surface area is 223 Å². The van der Waals surface area contributed by atoms with E-state index in [9.17, 15) is 9.59 Å². The van der Waals surface area contributed by atoms with Gasteiger partial charge in [0.25, 0.3) is 0 Å². The van der Waals surface area contributed by atoms with Crippen LogP contribution in [0.2, 0.25) is 0 Å². The van der Waals surface area contributed by atoms with Crippen molar-refractivity contribution < 1.29 is 19.1 Å². The van der Waals surface area contributed by atoms with Crippen LogP contribution in [0.4, 0.5) is 11.4 Å². The van der Waals surface area contributed by atoms with Gasteiger partial charge >= 0.3 is 0 Å². The minimum Gasteiger partial charge on any atom is -0.497 e. The van der Waals surface area contributed by atoms with E-state index >= 15 is 0 Å². The zero-order valence-electron chi connectivity index (χ0n) is 20.9. The zero-order valence-corrected chi connectivity index (χ0v) is 20.9. The number of imide groups is 1. The summed E-state index contributed by atoms with van der Waals surface area (Å²) in [6.45, 7) is 0. The Kier molecular flexibility index (Phi) is 4.69. The normalized spacial score (nSPS) is 28.7. The van der Waals surface area contributed by atoms with Gasteiger partial charge in [-0.05, 0) is 48.5 Å². The third kappa shape index (κ3) is 3.07. The highest BCUT2D eigenvalue weighted by molar-refractivity contribution is 6.23. The van der Waals surface area contributed by atoms with E-state index in [-0.39, 0.29) is 23.8 Å².